The Labute approximate surface area is 256 Å². The van der Waals surface area contributed by atoms with Gasteiger partial charge in [-0.15, -0.1) is 5.10 Å². The second kappa shape index (κ2) is 19.2. The van der Waals surface area contributed by atoms with Crippen LogP contribution in [0.2, 0.25) is 0 Å². The fourth-order valence-corrected chi connectivity index (χ4v) is 4.31. The van der Waals surface area contributed by atoms with Gasteiger partial charge in [0.25, 0.3) is 0 Å². The smallest absolute Gasteiger partial charge is 0.234 e. The molecule has 0 bridgehead atoms. The standard InChI is InChI=1S/C29H55N9O5/c1-28(2,20-43-29(3,4)16-15-25(40)35-18-10-8-12-23(33-6)27(31)42)38-19-21(36-37-38)13-14-24(39)34-17-9-7-11-22(32-5)26(30)41/h19,22-23,32-33H,7-18,20H2,1-6H3,(H2,30,41)(H2,31,42)(H,34,39)(H,35,40). The zero-order chi connectivity index (χ0) is 32.5. The van der Waals surface area contributed by atoms with Gasteiger partial charge in [0.05, 0.1) is 35.5 Å². The molecule has 4 amide bonds. The van der Waals surface area contributed by atoms with Crippen molar-refractivity contribution in [2.75, 3.05) is 33.8 Å². The van der Waals surface area contributed by atoms with Crippen molar-refractivity contribution in [1.29, 1.82) is 0 Å². The van der Waals surface area contributed by atoms with Gasteiger partial charge in [-0.1, -0.05) is 5.21 Å². The minimum atomic E-state index is -0.522. The third kappa shape index (κ3) is 15.8. The minimum Gasteiger partial charge on any atom is -0.373 e. The number of carbonyl (C=O) groups is 4. The van der Waals surface area contributed by atoms with Gasteiger partial charge in [-0.2, -0.15) is 0 Å². The topological polar surface area (TPSA) is 208 Å². The zero-order valence-electron chi connectivity index (χ0n) is 27.0. The summed E-state index contributed by atoms with van der Waals surface area (Å²) in [4.78, 5) is 47.0. The second-order valence-corrected chi connectivity index (χ2v) is 12.2. The lowest BCUT2D eigenvalue weighted by atomic mass is 10.0. The summed E-state index contributed by atoms with van der Waals surface area (Å²) in [6.07, 6.45) is 7.87. The van der Waals surface area contributed by atoms with E-state index in [9.17, 15) is 19.2 Å². The lowest BCUT2D eigenvalue weighted by molar-refractivity contribution is -0.123. The predicted molar refractivity (Wildman–Crippen MR) is 165 cm³/mol. The first-order chi connectivity index (χ1) is 20.2. The highest BCUT2D eigenvalue weighted by atomic mass is 16.5. The first-order valence-corrected chi connectivity index (χ1v) is 15.2. The summed E-state index contributed by atoms with van der Waals surface area (Å²) in [6.45, 7) is 9.36. The molecular weight excluding hydrogens is 554 g/mol. The largest absolute Gasteiger partial charge is 0.373 e. The van der Waals surface area contributed by atoms with Crippen molar-refractivity contribution in [3.63, 3.8) is 0 Å². The number of rotatable bonds is 24. The summed E-state index contributed by atoms with van der Waals surface area (Å²) in [7, 11) is 3.41. The van der Waals surface area contributed by atoms with E-state index in [1.165, 1.54) is 0 Å². The molecule has 0 aliphatic carbocycles. The van der Waals surface area contributed by atoms with Crippen LogP contribution < -0.4 is 32.7 Å². The maximum Gasteiger partial charge on any atom is 0.234 e. The van der Waals surface area contributed by atoms with E-state index >= 15 is 0 Å². The van der Waals surface area contributed by atoms with Crippen molar-refractivity contribution >= 4 is 23.6 Å². The summed E-state index contributed by atoms with van der Waals surface area (Å²) in [5, 5.41) is 20.1. The van der Waals surface area contributed by atoms with Crippen LogP contribution in [0.15, 0.2) is 6.20 Å². The monoisotopic (exact) mass is 609 g/mol. The highest BCUT2D eigenvalue weighted by Gasteiger charge is 2.28. The summed E-state index contributed by atoms with van der Waals surface area (Å²) >= 11 is 0. The van der Waals surface area contributed by atoms with Gasteiger partial charge >= 0.3 is 0 Å². The van der Waals surface area contributed by atoms with Crippen molar-refractivity contribution in [3.05, 3.63) is 11.9 Å². The molecule has 0 fully saturated rings. The predicted octanol–water partition coefficient (Wildman–Crippen LogP) is 0.241. The molecule has 246 valence electrons. The Balaban J connectivity index is 2.34. The van der Waals surface area contributed by atoms with E-state index in [-0.39, 0.29) is 35.7 Å². The van der Waals surface area contributed by atoms with E-state index in [0.29, 0.717) is 63.9 Å². The molecule has 0 saturated heterocycles. The Morgan fingerprint density at radius 3 is 1.86 bits per heavy atom. The minimum absolute atomic E-state index is 0.0357. The van der Waals surface area contributed by atoms with Crippen LogP contribution in [0.4, 0.5) is 0 Å². The van der Waals surface area contributed by atoms with Crippen molar-refractivity contribution in [1.82, 2.24) is 36.3 Å². The number of unbranched alkanes of at least 4 members (excludes halogenated alkanes) is 2. The first-order valence-electron chi connectivity index (χ1n) is 15.2. The number of hydrogen-bond acceptors (Lipinski definition) is 9. The van der Waals surface area contributed by atoms with Crippen LogP contribution in [0.1, 0.15) is 91.2 Å². The molecule has 14 heteroatoms. The number of amides is 4. The van der Waals surface area contributed by atoms with Gasteiger partial charge in [0.15, 0.2) is 0 Å². The number of nitrogens with zero attached hydrogens (tertiary/aromatic N) is 3. The Morgan fingerprint density at radius 1 is 0.860 bits per heavy atom. The van der Waals surface area contributed by atoms with Crippen LogP contribution in [0.3, 0.4) is 0 Å². The average Bonchev–Trinajstić information content (AvgIpc) is 3.43. The number of ether oxygens (including phenoxy) is 1. The van der Waals surface area contributed by atoms with E-state index < -0.39 is 11.1 Å². The molecule has 2 atom stereocenters. The van der Waals surface area contributed by atoms with Gasteiger partial charge in [0.2, 0.25) is 23.6 Å². The zero-order valence-corrected chi connectivity index (χ0v) is 27.0. The highest BCUT2D eigenvalue weighted by molar-refractivity contribution is 5.80. The molecule has 1 rings (SSSR count). The van der Waals surface area contributed by atoms with Gasteiger partial charge in [-0.25, -0.2) is 4.68 Å². The highest BCUT2D eigenvalue weighted by Crippen LogP contribution is 2.22. The molecule has 43 heavy (non-hydrogen) atoms. The van der Waals surface area contributed by atoms with Crippen molar-refractivity contribution < 1.29 is 23.9 Å². The summed E-state index contributed by atoms with van der Waals surface area (Å²) in [6, 6.07) is -0.690. The number of carbonyl (C=O) groups excluding carboxylic acids is 4. The van der Waals surface area contributed by atoms with Crippen molar-refractivity contribution in [2.45, 2.75) is 115 Å². The molecule has 0 aliphatic heterocycles. The number of nitrogens with one attached hydrogen (secondary N) is 4. The van der Waals surface area contributed by atoms with Crippen molar-refractivity contribution in [3.8, 4) is 0 Å². The maximum atomic E-state index is 12.3. The van der Waals surface area contributed by atoms with E-state index in [1.807, 2.05) is 33.9 Å². The molecule has 1 aromatic heterocycles. The fraction of sp³-hybridized carbons (Fsp3) is 0.793. The van der Waals surface area contributed by atoms with E-state index in [1.54, 1.807) is 18.8 Å². The summed E-state index contributed by atoms with van der Waals surface area (Å²) < 4.78 is 7.94. The molecule has 8 N–H and O–H groups in total. The molecule has 0 spiro atoms. The Hall–Kier alpha value is -3.10. The number of aryl methyl sites for hydroxylation is 1. The van der Waals surface area contributed by atoms with Gasteiger partial charge < -0.3 is 37.5 Å². The van der Waals surface area contributed by atoms with E-state index in [2.05, 4.69) is 31.6 Å². The van der Waals surface area contributed by atoms with Gasteiger partial charge in [-0.05, 0) is 86.7 Å². The summed E-state index contributed by atoms with van der Waals surface area (Å²) in [5.74, 6) is -0.836. The lowest BCUT2D eigenvalue weighted by Gasteiger charge is -2.31. The molecule has 0 aromatic carbocycles. The Kier molecular flexibility index (Phi) is 17.0. The molecule has 0 aliphatic rings. The average molecular weight is 610 g/mol. The van der Waals surface area contributed by atoms with Gasteiger partial charge in [0.1, 0.15) is 0 Å². The van der Waals surface area contributed by atoms with Crippen LogP contribution in [0, 0.1) is 0 Å². The van der Waals surface area contributed by atoms with Crippen molar-refractivity contribution in [2.24, 2.45) is 11.5 Å². The molecule has 14 nitrogen and oxygen atoms in total. The van der Waals surface area contributed by atoms with Crippen LogP contribution in [-0.2, 0) is 35.9 Å². The van der Waals surface area contributed by atoms with Gasteiger partial charge in [0, 0.05) is 38.5 Å². The number of aromatic nitrogens is 3. The molecule has 0 radical (unpaired) electrons. The maximum absolute atomic E-state index is 12.3. The van der Waals surface area contributed by atoms with Crippen LogP contribution in [-0.4, -0.2) is 90.1 Å². The third-order valence-corrected chi connectivity index (χ3v) is 7.41. The molecular formula is C29H55N9O5. The second-order valence-electron chi connectivity index (χ2n) is 12.2. The number of likely N-dealkylation sites (N-methyl/N-ethyl adjacent to an activating group) is 2. The summed E-state index contributed by atoms with van der Waals surface area (Å²) in [5.41, 5.74) is 10.3. The van der Waals surface area contributed by atoms with E-state index in [4.69, 9.17) is 16.2 Å². The number of primary amides is 2. The number of nitrogens with two attached hydrogens (primary N) is 2. The van der Waals surface area contributed by atoms with Crippen LogP contribution in [0.5, 0.6) is 0 Å². The number of hydrogen-bond donors (Lipinski definition) is 6. The molecule has 1 aromatic rings. The molecule has 1 heterocycles. The lowest BCUT2D eigenvalue weighted by Crippen LogP contribution is -2.39. The molecule has 2 unspecified atom stereocenters. The quantitative estimate of drug-likeness (QED) is 0.0886. The third-order valence-electron chi connectivity index (χ3n) is 7.41. The van der Waals surface area contributed by atoms with Crippen LogP contribution >= 0.6 is 0 Å². The Bertz CT molecular complexity index is 1010. The van der Waals surface area contributed by atoms with Gasteiger partial charge in [-0.3, -0.25) is 19.2 Å². The van der Waals surface area contributed by atoms with E-state index in [0.717, 1.165) is 25.7 Å². The van der Waals surface area contributed by atoms with Crippen LogP contribution in [0.25, 0.3) is 0 Å². The SMILES string of the molecule is CNC(CCCCNC(=O)CCc1cn(C(C)(C)COC(C)(C)CCC(=O)NCCCCC(NC)C(N)=O)nn1)C(N)=O. The Morgan fingerprint density at radius 2 is 1.37 bits per heavy atom. The first kappa shape index (κ1) is 37.9. The fourth-order valence-electron chi connectivity index (χ4n) is 4.31. The normalized spacial score (nSPS) is 13.3. The molecule has 0 saturated carbocycles.